The first-order valence-corrected chi connectivity index (χ1v) is 5.17. The van der Waals surface area contributed by atoms with Crippen molar-refractivity contribution in [3.8, 4) is 11.5 Å². The summed E-state index contributed by atoms with van der Waals surface area (Å²) in [4.78, 5) is 21.8. The number of rotatable bonds is 4. The average Bonchev–Trinajstić information content (AvgIpc) is 2.20. The molecule has 0 aromatic heterocycles. The molecule has 0 atom stereocenters. The number of carboxylic acid groups (broad SMARTS) is 1. The molecule has 0 aliphatic rings. The molecule has 0 spiro atoms. The Labute approximate surface area is 99.5 Å². The summed E-state index contributed by atoms with van der Waals surface area (Å²) >= 11 is 3.00. The van der Waals surface area contributed by atoms with E-state index in [0.29, 0.717) is 0 Å². The molecule has 6 heteroatoms. The van der Waals surface area contributed by atoms with Gasteiger partial charge in [-0.1, -0.05) is 0 Å². The fraction of sp³-hybridized carbons (Fsp3) is 0.200. The summed E-state index contributed by atoms with van der Waals surface area (Å²) < 4.78 is 0.268. The number of aromatic hydroxyl groups is 2. The van der Waals surface area contributed by atoms with E-state index in [-0.39, 0.29) is 34.4 Å². The summed E-state index contributed by atoms with van der Waals surface area (Å²) in [6.07, 6.45) is -0.489. The molecule has 0 aliphatic heterocycles. The van der Waals surface area contributed by atoms with Gasteiger partial charge in [-0.3, -0.25) is 9.59 Å². The van der Waals surface area contributed by atoms with Crippen LogP contribution < -0.4 is 0 Å². The van der Waals surface area contributed by atoms with E-state index in [4.69, 9.17) is 5.11 Å². The van der Waals surface area contributed by atoms with Crippen LogP contribution in [0.1, 0.15) is 23.2 Å². The molecule has 3 N–H and O–H groups in total. The topological polar surface area (TPSA) is 94.8 Å². The van der Waals surface area contributed by atoms with E-state index in [2.05, 4.69) is 15.9 Å². The molecular formula is C10H9BrO5. The Morgan fingerprint density at radius 2 is 1.75 bits per heavy atom. The van der Waals surface area contributed by atoms with Crippen molar-refractivity contribution < 1.29 is 24.9 Å². The molecule has 0 saturated heterocycles. The largest absolute Gasteiger partial charge is 0.507 e. The predicted octanol–water partition coefficient (Wildman–Crippen LogP) is 1.91. The van der Waals surface area contributed by atoms with E-state index >= 15 is 0 Å². The minimum absolute atomic E-state index is 0.00840. The van der Waals surface area contributed by atoms with Crippen LogP contribution in [0.25, 0.3) is 0 Å². The third-order valence-corrected chi connectivity index (χ3v) is 2.57. The Morgan fingerprint density at radius 1 is 1.12 bits per heavy atom. The zero-order chi connectivity index (χ0) is 12.3. The molecule has 0 amide bonds. The number of carbonyl (C=O) groups excluding carboxylic acids is 1. The lowest BCUT2D eigenvalue weighted by Gasteiger charge is -2.05. The SMILES string of the molecule is O=C(O)CCC(=O)c1cc(Br)c(O)cc1O. The van der Waals surface area contributed by atoms with Crippen LogP contribution in [0.4, 0.5) is 0 Å². The highest BCUT2D eigenvalue weighted by Gasteiger charge is 2.15. The van der Waals surface area contributed by atoms with Crippen LogP contribution >= 0.6 is 15.9 Å². The third kappa shape index (κ3) is 2.96. The number of hydrogen-bond donors (Lipinski definition) is 3. The zero-order valence-electron chi connectivity index (χ0n) is 8.11. The summed E-state index contributed by atoms with van der Waals surface area (Å²) in [5.74, 6) is -2.12. The number of phenolic OH excluding ortho intramolecular Hbond substituents is 2. The van der Waals surface area contributed by atoms with Crippen LogP contribution in [-0.2, 0) is 4.79 Å². The monoisotopic (exact) mass is 288 g/mol. The van der Waals surface area contributed by atoms with Crippen molar-refractivity contribution in [2.24, 2.45) is 0 Å². The number of benzene rings is 1. The normalized spacial score (nSPS) is 10.1. The van der Waals surface area contributed by atoms with Gasteiger partial charge in [0, 0.05) is 12.5 Å². The highest BCUT2D eigenvalue weighted by molar-refractivity contribution is 9.10. The third-order valence-electron chi connectivity index (χ3n) is 1.93. The summed E-state index contributed by atoms with van der Waals surface area (Å²) in [6, 6.07) is 2.28. The molecular weight excluding hydrogens is 280 g/mol. The highest BCUT2D eigenvalue weighted by atomic mass is 79.9. The molecule has 16 heavy (non-hydrogen) atoms. The number of hydrogen-bond acceptors (Lipinski definition) is 4. The van der Waals surface area contributed by atoms with Gasteiger partial charge in [-0.25, -0.2) is 0 Å². The fourth-order valence-electron chi connectivity index (χ4n) is 1.13. The molecule has 0 saturated carbocycles. The van der Waals surface area contributed by atoms with Gasteiger partial charge < -0.3 is 15.3 Å². The van der Waals surface area contributed by atoms with E-state index in [1.807, 2.05) is 0 Å². The van der Waals surface area contributed by atoms with Gasteiger partial charge in [0.25, 0.3) is 0 Å². The Kier molecular flexibility index (Phi) is 3.89. The molecule has 1 rings (SSSR count). The van der Waals surface area contributed by atoms with Crippen LogP contribution in [0.15, 0.2) is 16.6 Å². The maximum absolute atomic E-state index is 11.5. The van der Waals surface area contributed by atoms with Crippen molar-refractivity contribution >= 4 is 27.7 Å². The standard InChI is InChI=1S/C10H9BrO5/c11-6-3-5(8(13)4-9(6)14)7(12)1-2-10(15)16/h3-4,13-14H,1-2H2,(H,15,16). The second-order valence-corrected chi connectivity index (χ2v) is 3.99. The Balaban J connectivity index is 2.91. The van der Waals surface area contributed by atoms with Crippen molar-refractivity contribution in [1.82, 2.24) is 0 Å². The molecule has 86 valence electrons. The highest BCUT2D eigenvalue weighted by Crippen LogP contribution is 2.31. The number of carboxylic acids is 1. The molecule has 0 unspecified atom stereocenters. The lowest BCUT2D eigenvalue weighted by molar-refractivity contribution is -0.136. The summed E-state index contributed by atoms with van der Waals surface area (Å²) in [5, 5.41) is 27.0. The lowest BCUT2D eigenvalue weighted by Crippen LogP contribution is -2.04. The molecule has 0 heterocycles. The van der Waals surface area contributed by atoms with Crippen molar-refractivity contribution in [1.29, 1.82) is 0 Å². The number of halogens is 1. The Bertz CT molecular complexity index is 441. The van der Waals surface area contributed by atoms with Crippen molar-refractivity contribution in [2.75, 3.05) is 0 Å². The van der Waals surface area contributed by atoms with Gasteiger partial charge in [-0.05, 0) is 22.0 Å². The van der Waals surface area contributed by atoms with Crippen LogP contribution in [0.3, 0.4) is 0 Å². The molecule has 1 aromatic rings. The maximum atomic E-state index is 11.5. The van der Waals surface area contributed by atoms with Crippen molar-refractivity contribution in [3.63, 3.8) is 0 Å². The van der Waals surface area contributed by atoms with Gasteiger partial charge >= 0.3 is 5.97 Å². The number of carbonyl (C=O) groups is 2. The first-order chi connectivity index (χ1) is 7.41. The molecule has 0 aliphatic carbocycles. The Morgan fingerprint density at radius 3 is 2.31 bits per heavy atom. The molecule has 0 fully saturated rings. The first-order valence-electron chi connectivity index (χ1n) is 4.38. The van der Waals surface area contributed by atoms with Crippen LogP contribution in [0.5, 0.6) is 11.5 Å². The van der Waals surface area contributed by atoms with Gasteiger partial charge in [0.1, 0.15) is 11.5 Å². The number of aliphatic carboxylic acids is 1. The lowest BCUT2D eigenvalue weighted by atomic mass is 10.1. The second kappa shape index (κ2) is 4.98. The van der Waals surface area contributed by atoms with Gasteiger partial charge in [0.2, 0.25) is 0 Å². The van der Waals surface area contributed by atoms with E-state index in [1.165, 1.54) is 6.07 Å². The van der Waals surface area contributed by atoms with Crippen LogP contribution in [-0.4, -0.2) is 27.1 Å². The molecule has 1 aromatic carbocycles. The fourth-order valence-corrected chi connectivity index (χ4v) is 1.47. The number of ketones is 1. The van der Waals surface area contributed by atoms with Crippen LogP contribution in [0.2, 0.25) is 0 Å². The summed E-state index contributed by atoms with van der Waals surface area (Å²) in [5.41, 5.74) is -0.00840. The molecule has 0 radical (unpaired) electrons. The summed E-state index contributed by atoms with van der Waals surface area (Å²) in [7, 11) is 0. The predicted molar refractivity (Wildman–Crippen MR) is 58.7 cm³/mol. The van der Waals surface area contributed by atoms with Crippen molar-refractivity contribution in [2.45, 2.75) is 12.8 Å². The van der Waals surface area contributed by atoms with E-state index in [0.717, 1.165) is 6.07 Å². The molecule has 5 nitrogen and oxygen atoms in total. The van der Waals surface area contributed by atoms with Gasteiger partial charge in [0.15, 0.2) is 5.78 Å². The zero-order valence-corrected chi connectivity index (χ0v) is 9.69. The average molecular weight is 289 g/mol. The second-order valence-electron chi connectivity index (χ2n) is 3.14. The number of phenols is 2. The summed E-state index contributed by atoms with van der Waals surface area (Å²) in [6.45, 7) is 0. The van der Waals surface area contributed by atoms with Crippen molar-refractivity contribution in [3.05, 3.63) is 22.2 Å². The first kappa shape index (κ1) is 12.5. The van der Waals surface area contributed by atoms with E-state index in [1.54, 1.807) is 0 Å². The van der Waals surface area contributed by atoms with Gasteiger partial charge in [-0.15, -0.1) is 0 Å². The van der Waals surface area contributed by atoms with Crippen LogP contribution in [0, 0.1) is 0 Å². The quantitative estimate of drug-likeness (QED) is 0.736. The maximum Gasteiger partial charge on any atom is 0.303 e. The van der Waals surface area contributed by atoms with E-state index < -0.39 is 11.8 Å². The molecule has 0 bridgehead atoms. The van der Waals surface area contributed by atoms with Gasteiger partial charge in [-0.2, -0.15) is 0 Å². The minimum atomic E-state index is -1.08. The minimum Gasteiger partial charge on any atom is -0.507 e. The number of Topliss-reactive ketones (excluding diaryl/α,β-unsaturated/α-hetero) is 1. The van der Waals surface area contributed by atoms with E-state index in [9.17, 15) is 19.8 Å². The smallest absolute Gasteiger partial charge is 0.303 e. The van der Waals surface area contributed by atoms with Gasteiger partial charge in [0.05, 0.1) is 16.5 Å². The Hall–Kier alpha value is -1.56.